The van der Waals surface area contributed by atoms with Gasteiger partial charge in [-0.2, -0.15) is 0 Å². The van der Waals surface area contributed by atoms with Crippen LogP contribution in [0.25, 0.3) is 0 Å². The van der Waals surface area contributed by atoms with Crippen LogP contribution < -0.4 is 5.73 Å². The number of fused-ring (bicyclic) bond motifs is 2. The minimum absolute atomic E-state index is 0.254. The maximum atomic E-state index is 13.5. The second-order valence-electron chi connectivity index (χ2n) is 5.31. The Hall–Kier alpha value is -1.53. The number of nitrogens with zero attached hydrogens (tertiary/aromatic N) is 3. The molecule has 2 N–H and O–H groups in total. The van der Waals surface area contributed by atoms with Gasteiger partial charge in [-0.05, 0) is 18.6 Å². The van der Waals surface area contributed by atoms with E-state index in [2.05, 4.69) is 14.8 Å². The fourth-order valence-electron chi connectivity index (χ4n) is 3.09. The van der Waals surface area contributed by atoms with Gasteiger partial charge in [-0.15, -0.1) is 0 Å². The molecule has 4 rings (SSSR count). The van der Waals surface area contributed by atoms with Crippen LogP contribution in [0.1, 0.15) is 12.1 Å². The Morgan fingerprint density at radius 2 is 2.21 bits per heavy atom. The minimum atomic E-state index is -0.279. The van der Waals surface area contributed by atoms with E-state index in [0.29, 0.717) is 30.9 Å². The van der Waals surface area contributed by atoms with Gasteiger partial charge in [-0.3, -0.25) is 19.6 Å². The van der Waals surface area contributed by atoms with Crippen molar-refractivity contribution >= 4 is 5.91 Å². The quantitative estimate of drug-likeness (QED) is 0.829. The second-order valence-corrected chi connectivity index (χ2v) is 5.31. The molecule has 3 aliphatic rings. The maximum absolute atomic E-state index is 13.5. The summed E-state index contributed by atoms with van der Waals surface area (Å²) in [6, 6.07) is 3.78. The Balaban J connectivity index is 1.60. The van der Waals surface area contributed by atoms with Crippen molar-refractivity contribution < 1.29 is 9.18 Å². The molecule has 1 amide bonds. The standard InChI is InChI=1S/C13H17FN4O/c14-11-2-1-3-16-12(11)7-17-5-9-4-10(6-17)18(9)8-13(15)19/h1-3,9-10H,4-8H2,(H2,15,19). The first-order valence-electron chi connectivity index (χ1n) is 6.49. The third-order valence-electron chi connectivity index (χ3n) is 3.97. The lowest BCUT2D eigenvalue weighted by molar-refractivity contribution is -0.128. The number of halogens is 1. The highest BCUT2D eigenvalue weighted by molar-refractivity contribution is 5.76. The number of carbonyl (C=O) groups excluding carboxylic acids is 1. The molecular formula is C13H17FN4O. The third-order valence-corrected chi connectivity index (χ3v) is 3.97. The monoisotopic (exact) mass is 264 g/mol. The van der Waals surface area contributed by atoms with Crippen molar-refractivity contribution in [3.05, 3.63) is 29.8 Å². The van der Waals surface area contributed by atoms with Gasteiger partial charge >= 0.3 is 0 Å². The second kappa shape index (κ2) is 4.86. The summed E-state index contributed by atoms with van der Waals surface area (Å²) in [6.45, 7) is 2.56. The number of primary amides is 1. The molecule has 0 saturated carbocycles. The van der Waals surface area contributed by atoms with Crippen molar-refractivity contribution in [1.29, 1.82) is 0 Å². The lowest BCUT2D eigenvalue weighted by Crippen LogP contribution is -2.69. The average Bonchev–Trinajstić information content (AvgIpc) is 2.39. The number of aromatic nitrogens is 1. The lowest BCUT2D eigenvalue weighted by atomic mass is 9.87. The van der Waals surface area contributed by atoms with E-state index in [1.807, 2.05) is 0 Å². The number of rotatable bonds is 4. The molecule has 19 heavy (non-hydrogen) atoms. The largest absolute Gasteiger partial charge is 0.369 e. The molecule has 102 valence electrons. The predicted octanol–water partition coefficient (Wildman–Crippen LogP) is -0.0355. The average molecular weight is 264 g/mol. The number of pyridine rings is 1. The van der Waals surface area contributed by atoms with Crippen LogP contribution >= 0.6 is 0 Å². The molecule has 5 nitrogen and oxygen atoms in total. The van der Waals surface area contributed by atoms with E-state index in [1.165, 1.54) is 6.07 Å². The normalized spacial score (nSPS) is 27.0. The molecule has 1 aromatic rings. The Kier molecular flexibility index (Phi) is 3.20. The van der Waals surface area contributed by atoms with Crippen LogP contribution in [0.5, 0.6) is 0 Å². The van der Waals surface area contributed by atoms with E-state index >= 15 is 0 Å². The summed E-state index contributed by atoms with van der Waals surface area (Å²) in [5.41, 5.74) is 5.72. The summed E-state index contributed by atoms with van der Waals surface area (Å²) in [5.74, 6) is -0.533. The molecule has 0 aromatic carbocycles. The Bertz CT molecular complexity index is 483. The summed E-state index contributed by atoms with van der Waals surface area (Å²) in [6.07, 6.45) is 2.72. The number of nitrogens with two attached hydrogens (primary N) is 1. The van der Waals surface area contributed by atoms with Crippen LogP contribution in [-0.4, -0.2) is 52.4 Å². The van der Waals surface area contributed by atoms with Gasteiger partial charge in [0.15, 0.2) is 0 Å². The van der Waals surface area contributed by atoms with Crippen LogP contribution in [0, 0.1) is 5.82 Å². The molecule has 3 aliphatic heterocycles. The molecule has 4 heterocycles. The smallest absolute Gasteiger partial charge is 0.231 e. The van der Waals surface area contributed by atoms with Crippen LogP contribution in [0.2, 0.25) is 0 Å². The first-order valence-corrected chi connectivity index (χ1v) is 6.49. The van der Waals surface area contributed by atoms with E-state index in [-0.39, 0.29) is 11.7 Å². The van der Waals surface area contributed by atoms with E-state index in [0.717, 1.165) is 19.5 Å². The molecule has 2 bridgehead atoms. The highest BCUT2D eigenvalue weighted by Crippen LogP contribution is 2.32. The number of piperazine rings is 1. The Labute approximate surface area is 111 Å². The van der Waals surface area contributed by atoms with Crippen molar-refractivity contribution in [1.82, 2.24) is 14.8 Å². The number of piperidine rings is 1. The fourth-order valence-corrected chi connectivity index (χ4v) is 3.09. The van der Waals surface area contributed by atoms with Gasteiger partial charge in [0.25, 0.3) is 0 Å². The molecule has 2 atom stereocenters. The molecule has 0 radical (unpaired) electrons. The number of carbonyl (C=O) groups is 1. The topological polar surface area (TPSA) is 62.5 Å². The zero-order valence-corrected chi connectivity index (χ0v) is 10.6. The van der Waals surface area contributed by atoms with Crippen LogP contribution in [0.3, 0.4) is 0 Å². The van der Waals surface area contributed by atoms with Gasteiger partial charge in [0, 0.05) is 37.9 Å². The summed E-state index contributed by atoms with van der Waals surface area (Å²) >= 11 is 0. The Morgan fingerprint density at radius 3 is 2.84 bits per heavy atom. The van der Waals surface area contributed by atoms with E-state index in [4.69, 9.17) is 5.73 Å². The van der Waals surface area contributed by atoms with Crippen LogP contribution in [-0.2, 0) is 11.3 Å². The summed E-state index contributed by atoms with van der Waals surface area (Å²) in [4.78, 5) is 19.4. The maximum Gasteiger partial charge on any atom is 0.231 e. The first kappa shape index (κ1) is 12.5. The molecule has 3 fully saturated rings. The summed E-state index contributed by atoms with van der Waals surface area (Å²) < 4.78 is 13.5. The molecule has 1 aromatic heterocycles. The lowest BCUT2D eigenvalue weighted by Gasteiger charge is -2.56. The Morgan fingerprint density at radius 1 is 1.47 bits per heavy atom. The van der Waals surface area contributed by atoms with Gasteiger partial charge in [-0.1, -0.05) is 0 Å². The van der Waals surface area contributed by atoms with Gasteiger partial charge in [0.1, 0.15) is 5.82 Å². The molecule has 0 aliphatic carbocycles. The molecule has 2 unspecified atom stereocenters. The van der Waals surface area contributed by atoms with Crippen molar-refractivity contribution in [3.8, 4) is 0 Å². The van der Waals surface area contributed by atoms with E-state index in [1.54, 1.807) is 12.3 Å². The summed E-state index contributed by atoms with van der Waals surface area (Å²) in [5, 5.41) is 0. The molecular weight excluding hydrogens is 247 g/mol. The van der Waals surface area contributed by atoms with Gasteiger partial charge < -0.3 is 5.73 Å². The van der Waals surface area contributed by atoms with Gasteiger partial charge in [-0.25, -0.2) is 4.39 Å². The fraction of sp³-hybridized carbons (Fsp3) is 0.538. The summed E-state index contributed by atoms with van der Waals surface area (Å²) in [7, 11) is 0. The molecule has 0 spiro atoms. The zero-order chi connectivity index (χ0) is 13.4. The van der Waals surface area contributed by atoms with Crippen molar-refractivity contribution in [2.75, 3.05) is 19.6 Å². The minimum Gasteiger partial charge on any atom is -0.369 e. The van der Waals surface area contributed by atoms with E-state index in [9.17, 15) is 9.18 Å². The van der Waals surface area contributed by atoms with Crippen molar-refractivity contribution in [2.45, 2.75) is 25.0 Å². The molecule has 3 saturated heterocycles. The van der Waals surface area contributed by atoms with Crippen LogP contribution in [0.4, 0.5) is 4.39 Å². The van der Waals surface area contributed by atoms with Gasteiger partial charge in [0.2, 0.25) is 5.91 Å². The SMILES string of the molecule is NC(=O)CN1C2CC1CN(Cc1ncccc1F)C2. The zero-order valence-electron chi connectivity index (χ0n) is 10.6. The molecule has 6 heteroatoms. The van der Waals surface area contributed by atoms with Crippen molar-refractivity contribution in [2.24, 2.45) is 5.73 Å². The van der Waals surface area contributed by atoms with E-state index < -0.39 is 0 Å². The highest BCUT2D eigenvalue weighted by Gasteiger charge is 2.44. The number of hydrogen-bond acceptors (Lipinski definition) is 4. The van der Waals surface area contributed by atoms with Gasteiger partial charge in [0.05, 0.1) is 12.2 Å². The van der Waals surface area contributed by atoms with Crippen LogP contribution in [0.15, 0.2) is 18.3 Å². The first-order chi connectivity index (χ1) is 9.13. The highest BCUT2D eigenvalue weighted by atomic mass is 19.1. The third kappa shape index (κ3) is 2.46. The number of amides is 1. The predicted molar refractivity (Wildman–Crippen MR) is 67.6 cm³/mol. The van der Waals surface area contributed by atoms with Crippen molar-refractivity contribution in [3.63, 3.8) is 0 Å². The number of hydrogen-bond donors (Lipinski definition) is 1.